The number of nitrogens with one attached hydrogen (secondary N) is 1. The number of likely N-dealkylation sites (N-methyl/N-ethyl adjacent to an activating group) is 1. The molecular weight excluding hydrogens is 466 g/mol. The molecule has 0 atom stereocenters. The quantitative estimate of drug-likeness (QED) is 0.188. The maximum Gasteiger partial charge on any atom is 0.177 e. The number of ether oxygens (including phenoxy) is 3. The zero-order chi connectivity index (χ0) is 25.8. The monoisotopic (exact) mass is 495 g/mol. The van der Waals surface area contributed by atoms with Gasteiger partial charge in [-0.25, -0.2) is 0 Å². The van der Waals surface area contributed by atoms with Gasteiger partial charge in [0, 0.05) is 39.7 Å². The summed E-state index contributed by atoms with van der Waals surface area (Å²) in [7, 11) is 7.31. The molecule has 0 spiro atoms. The summed E-state index contributed by atoms with van der Waals surface area (Å²) in [5.41, 5.74) is 6.41. The summed E-state index contributed by atoms with van der Waals surface area (Å²) in [5, 5.41) is 5.56. The minimum Gasteiger partial charge on any atom is -0.493 e. The van der Waals surface area contributed by atoms with Crippen LogP contribution in [0.2, 0.25) is 0 Å². The van der Waals surface area contributed by atoms with E-state index in [4.69, 9.17) is 19.0 Å². The highest BCUT2D eigenvalue weighted by Crippen LogP contribution is 2.45. The lowest BCUT2D eigenvalue weighted by Gasteiger charge is -2.12. The van der Waals surface area contributed by atoms with Crippen LogP contribution in [0.25, 0.3) is 22.2 Å². The number of nitrogens with zero attached hydrogens (tertiary/aromatic N) is 2. The normalized spacial score (nSPS) is 12.7. The summed E-state index contributed by atoms with van der Waals surface area (Å²) in [6.45, 7) is 1.60. The largest absolute Gasteiger partial charge is 0.493 e. The van der Waals surface area contributed by atoms with E-state index in [-0.39, 0.29) is 6.61 Å². The molecule has 1 N–H and O–H groups in total. The number of benzene rings is 3. The van der Waals surface area contributed by atoms with Crippen LogP contribution < -0.4 is 14.2 Å². The molecule has 3 aromatic carbocycles. The van der Waals surface area contributed by atoms with E-state index in [0.717, 1.165) is 51.1 Å². The molecule has 1 aliphatic rings. The van der Waals surface area contributed by atoms with Crippen molar-refractivity contribution >= 4 is 16.6 Å². The predicted molar refractivity (Wildman–Crippen MR) is 146 cm³/mol. The van der Waals surface area contributed by atoms with Crippen LogP contribution in [0.5, 0.6) is 17.2 Å². The van der Waals surface area contributed by atoms with Crippen LogP contribution in [0, 0.1) is 11.8 Å². The topological polar surface area (TPSA) is 68.3 Å². The Balaban J connectivity index is 1.53. The van der Waals surface area contributed by atoms with Crippen LogP contribution in [-0.4, -0.2) is 63.7 Å². The van der Waals surface area contributed by atoms with Gasteiger partial charge in [-0.05, 0) is 56.6 Å². The van der Waals surface area contributed by atoms with Crippen molar-refractivity contribution in [3.63, 3.8) is 0 Å². The smallest absolute Gasteiger partial charge is 0.177 e. The number of aromatic amines is 1. The number of oxime groups is 1. The first-order chi connectivity index (χ1) is 18.1. The standard InChI is InChI=1S/C30H29N3O4/c1-33(2)14-16-36-21-12-13-25-24(17-21)28-29(31-25)22-18-26(34-3)27(35-4)19-23(22)30(28)32-37-15-8-11-20-9-6-5-7-10-20/h5-7,9-10,12-13,17-19,31H,14-16H2,1-4H3. The summed E-state index contributed by atoms with van der Waals surface area (Å²) in [4.78, 5) is 11.4. The highest BCUT2D eigenvalue weighted by atomic mass is 16.6. The second-order valence-electron chi connectivity index (χ2n) is 8.87. The fourth-order valence-corrected chi connectivity index (χ4v) is 4.35. The summed E-state index contributed by atoms with van der Waals surface area (Å²) >= 11 is 0. The molecule has 1 aliphatic carbocycles. The van der Waals surface area contributed by atoms with E-state index in [1.54, 1.807) is 14.2 Å². The van der Waals surface area contributed by atoms with Crippen molar-refractivity contribution in [1.29, 1.82) is 0 Å². The molecule has 7 heteroatoms. The van der Waals surface area contributed by atoms with E-state index < -0.39 is 0 Å². The summed E-state index contributed by atoms with van der Waals surface area (Å²) in [5.74, 6) is 8.20. The Morgan fingerprint density at radius 2 is 1.68 bits per heavy atom. The number of hydrogen-bond acceptors (Lipinski definition) is 6. The number of H-pyrrole nitrogens is 1. The second kappa shape index (κ2) is 10.7. The lowest BCUT2D eigenvalue weighted by molar-refractivity contribution is 0.180. The highest BCUT2D eigenvalue weighted by molar-refractivity contribution is 6.30. The van der Waals surface area contributed by atoms with Gasteiger partial charge >= 0.3 is 0 Å². The van der Waals surface area contributed by atoms with Gasteiger partial charge in [0.1, 0.15) is 18.1 Å². The second-order valence-corrected chi connectivity index (χ2v) is 8.87. The minimum absolute atomic E-state index is 0.164. The fraction of sp³-hybridized carbons (Fsp3) is 0.233. The highest BCUT2D eigenvalue weighted by Gasteiger charge is 2.32. The van der Waals surface area contributed by atoms with E-state index in [1.807, 2.05) is 74.8 Å². The summed E-state index contributed by atoms with van der Waals surface area (Å²) < 4.78 is 17.2. The number of rotatable bonds is 8. The maximum absolute atomic E-state index is 6.01. The molecular formula is C30H29N3O4. The Morgan fingerprint density at radius 3 is 2.41 bits per heavy atom. The Morgan fingerprint density at radius 1 is 0.919 bits per heavy atom. The van der Waals surface area contributed by atoms with E-state index in [1.165, 1.54) is 0 Å². The van der Waals surface area contributed by atoms with Crippen LogP contribution in [-0.2, 0) is 4.84 Å². The number of aromatic nitrogens is 1. The van der Waals surface area contributed by atoms with Gasteiger partial charge in [0.25, 0.3) is 0 Å². The number of fused-ring (bicyclic) bond motifs is 5. The molecule has 0 amide bonds. The van der Waals surface area contributed by atoms with Crippen molar-refractivity contribution in [3.05, 3.63) is 77.4 Å². The van der Waals surface area contributed by atoms with Gasteiger partial charge < -0.3 is 28.9 Å². The Hall–Kier alpha value is -4.41. The molecule has 0 unspecified atom stereocenters. The van der Waals surface area contributed by atoms with Gasteiger partial charge in [-0.15, -0.1) is 0 Å². The van der Waals surface area contributed by atoms with Crippen molar-refractivity contribution in [2.24, 2.45) is 5.16 Å². The van der Waals surface area contributed by atoms with E-state index >= 15 is 0 Å². The van der Waals surface area contributed by atoms with Crippen LogP contribution >= 0.6 is 0 Å². The van der Waals surface area contributed by atoms with Crippen LogP contribution in [0.4, 0.5) is 0 Å². The molecule has 5 rings (SSSR count). The molecule has 0 radical (unpaired) electrons. The van der Waals surface area contributed by atoms with Crippen LogP contribution in [0.3, 0.4) is 0 Å². The summed E-state index contributed by atoms with van der Waals surface area (Å²) in [6.07, 6.45) is 0. The van der Waals surface area contributed by atoms with E-state index in [0.29, 0.717) is 23.8 Å². The lowest BCUT2D eigenvalue weighted by atomic mass is 10.1. The summed E-state index contributed by atoms with van der Waals surface area (Å²) in [6, 6.07) is 19.8. The average molecular weight is 496 g/mol. The maximum atomic E-state index is 6.01. The number of methoxy groups -OCH3 is 2. The van der Waals surface area contributed by atoms with Crippen LogP contribution in [0.15, 0.2) is 65.8 Å². The Bertz CT molecular complexity index is 1510. The molecule has 0 bridgehead atoms. The predicted octanol–water partition coefficient (Wildman–Crippen LogP) is 4.93. The molecule has 1 heterocycles. The zero-order valence-electron chi connectivity index (χ0n) is 21.4. The molecule has 7 nitrogen and oxygen atoms in total. The van der Waals surface area contributed by atoms with E-state index in [2.05, 4.69) is 26.9 Å². The Labute approximate surface area is 216 Å². The van der Waals surface area contributed by atoms with Gasteiger partial charge in [0.2, 0.25) is 0 Å². The van der Waals surface area contributed by atoms with Crippen molar-refractivity contribution in [3.8, 4) is 40.3 Å². The molecule has 1 aromatic heterocycles. The van der Waals surface area contributed by atoms with Crippen molar-refractivity contribution in [2.45, 2.75) is 0 Å². The fourth-order valence-electron chi connectivity index (χ4n) is 4.35. The molecule has 0 saturated carbocycles. The van der Waals surface area contributed by atoms with E-state index in [9.17, 15) is 0 Å². The third kappa shape index (κ3) is 4.97. The SMILES string of the molecule is COc1cc2c(cc1OC)-c1[nH]c3ccc(OCCN(C)C)cc3c1C2=NOCC#Cc1ccccc1. The first-order valence-electron chi connectivity index (χ1n) is 12.0. The van der Waals surface area contributed by atoms with Gasteiger partial charge in [0.05, 0.1) is 19.9 Å². The van der Waals surface area contributed by atoms with Crippen molar-refractivity contribution < 1.29 is 19.0 Å². The third-order valence-electron chi connectivity index (χ3n) is 6.16. The first kappa shape index (κ1) is 24.3. The van der Waals surface area contributed by atoms with Crippen molar-refractivity contribution in [2.75, 3.05) is 48.1 Å². The zero-order valence-corrected chi connectivity index (χ0v) is 21.4. The van der Waals surface area contributed by atoms with Gasteiger partial charge in [-0.1, -0.05) is 35.2 Å². The van der Waals surface area contributed by atoms with Gasteiger partial charge in [-0.3, -0.25) is 0 Å². The van der Waals surface area contributed by atoms with Gasteiger partial charge in [-0.2, -0.15) is 0 Å². The minimum atomic E-state index is 0.164. The van der Waals surface area contributed by atoms with Crippen molar-refractivity contribution in [1.82, 2.24) is 9.88 Å². The third-order valence-corrected chi connectivity index (χ3v) is 6.16. The Kier molecular flexibility index (Phi) is 7.02. The number of hydrogen-bond donors (Lipinski definition) is 1. The first-order valence-corrected chi connectivity index (χ1v) is 12.0. The molecule has 4 aromatic rings. The molecule has 0 saturated heterocycles. The van der Waals surface area contributed by atoms with Gasteiger partial charge in [0.15, 0.2) is 18.1 Å². The molecule has 37 heavy (non-hydrogen) atoms. The van der Waals surface area contributed by atoms with Crippen LogP contribution in [0.1, 0.15) is 16.7 Å². The molecule has 0 fully saturated rings. The lowest BCUT2D eigenvalue weighted by Crippen LogP contribution is -2.19. The average Bonchev–Trinajstić information content (AvgIpc) is 3.42. The molecule has 0 aliphatic heterocycles. The molecule has 188 valence electrons.